The zero-order chi connectivity index (χ0) is 22.9. The topological polar surface area (TPSA) is 75.9 Å². The molecule has 7 nitrogen and oxygen atoms in total. The van der Waals surface area contributed by atoms with Crippen LogP contribution in [0.25, 0.3) is 21.2 Å². The van der Waals surface area contributed by atoms with E-state index >= 15 is 0 Å². The zero-order valence-electron chi connectivity index (χ0n) is 18.7. The van der Waals surface area contributed by atoms with E-state index in [0.29, 0.717) is 42.4 Å². The van der Waals surface area contributed by atoms with Gasteiger partial charge in [-0.15, -0.1) is 0 Å². The van der Waals surface area contributed by atoms with Gasteiger partial charge in [0, 0.05) is 26.2 Å². The van der Waals surface area contributed by atoms with Gasteiger partial charge in [0.1, 0.15) is 17.4 Å². The van der Waals surface area contributed by atoms with E-state index in [-0.39, 0.29) is 11.0 Å². The first-order valence-corrected chi connectivity index (χ1v) is 11.8. The Balaban J connectivity index is 1.55. The molecule has 1 fully saturated rings. The summed E-state index contributed by atoms with van der Waals surface area (Å²) in [6.45, 7) is 8.18. The van der Waals surface area contributed by atoms with Crippen LogP contribution < -0.4 is 10.3 Å². The zero-order valence-corrected chi connectivity index (χ0v) is 19.5. The maximum Gasteiger partial charge on any atom is 0.267 e. The third-order valence-corrected chi connectivity index (χ3v) is 7.25. The predicted molar refractivity (Wildman–Crippen MR) is 131 cm³/mol. The van der Waals surface area contributed by atoms with Crippen LogP contribution in [0.5, 0.6) is 0 Å². The number of hydrogen-bond acceptors (Lipinski definition) is 7. The number of fused-ring (bicyclic) bond motifs is 2. The smallest absolute Gasteiger partial charge is 0.267 e. The van der Waals surface area contributed by atoms with Crippen LogP contribution >= 0.6 is 11.3 Å². The van der Waals surface area contributed by atoms with Gasteiger partial charge in [0.05, 0.1) is 28.8 Å². The first-order valence-electron chi connectivity index (χ1n) is 11.0. The van der Waals surface area contributed by atoms with Crippen LogP contribution in [0.4, 0.5) is 5.13 Å². The number of para-hydroxylation sites is 1. The molecule has 0 radical (unpaired) electrons. The number of rotatable bonds is 5. The Morgan fingerprint density at radius 2 is 1.94 bits per heavy atom. The van der Waals surface area contributed by atoms with Gasteiger partial charge in [0.2, 0.25) is 5.43 Å². The highest BCUT2D eigenvalue weighted by Gasteiger charge is 2.26. The lowest BCUT2D eigenvalue weighted by Gasteiger charge is -2.29. The van der Waals surface area contributed by atoms with Gasteiger partial charge in [-0.25, -0.2) is 4.98 Å². The van der Waals surface area contributed by atoms with Crippen LogP contribution in [0, 0.1) is 13.8 Å². The van der Waals surface area contributed by atoms with Crippen LogP contribution in [-0.4, -0.2) is 55.2 Å². The number of amides is 1. The molecule has 5 rings (SSSR count). The van der Waals surface area contributed by atoms with Gasteiger partial charge in [0.25, 0.3) is 5.91 Å². The van der Waals surface area contributed by atoms with E-state index < -0.39 is 5.91 Å². The average molecular weight is 464 g/mol. The molecule has 170 valence electrons. The molecular weight excluding hydrogens is 438 g/mol. The molecule has 0 aliphatic carbocycles. The van der Waals surface area contributed by atoms with E-state index in [2.05, 4.69) is 17.9 Å². The summed E-state index contributed by atoms with van der Waals surface area (Å²) in [5.74, 6) is -0.392. The monoisotopic (exact) mass is 463 g/mol. The van der Waals surface area contributed by atoms with E-state index in [9.17, 15) is 9.59 Å². The number of aryl methyl sites for hydroxylation is 2. The fourth-order valence-electron chi connectivity index (χ4n) is 4.05. The summed E-state index contributed by atoms with van der Waals surface area (Å²) in [5, 5.41) is 0.983. The van der Waals surface area contributed by atoms with Crippen molar-refractivity contribution in [2.75, 3.05) is 44.3 Å². The van der Waals surface area contributed by atoms with Crippen molar-refractivity contribution in [2.24, 2.45) is 0 Å². The van der Waals surface area contributed by atoms with Gasteiger partial charge in [0.15, 0.2) is 5.13 Å². The molecule has 0 saturated carbocycles. The van der Waals surface area contributed by atoms with Gasteiger partial charge < -0.3 is 9.15 Å². The van der Waals surface area contributed by atoms with Gasteiger partial charge in [-0.2, -0.15) is 0 Å². The van der Waals surface area contributed by atoms with Crippen LogP contribution in [0.15, 0.2) is 51.9 Å². The van der Waals surface area contributed by atoms with Gasteiger partial charge in [-0.1, -0.05) is 29.5 Å². The molecular formula is C25H25N3O4S. The summed E-state index contributed by atoms with van der Waals surface area (Å²) < 4.78 is 12.1. The quantitative estimate of drug-likeness (QED) is 0.445. The number of anilines is 1. The van der Waals surface area contributed by atoms with Crippen molar-refractivity contribution >= 4 is 43.6 Å². The lowest BCUT2D eigenvalue weighted by molar-refractivity contribution is 0.0391. The SMILES string of the molecule is Cc1ccc2sc(N(CCN3CCOCC3)C(=O)c3coc4ccccc4c3=O)nc2c1C. The van der Waals surface area contributed by atoms with Gasteiger partial charge >= 0.3 is 0 Å². The molecule has 0 atom stereocenters. The number of hydrogen-bond donors (Lipinski definition) is 0. The number of carbonyl (C=O) groups is 1. The molecule has 1 aliphatic rings. The molecule has 3 heterocycles. The molecule has 2 aromatic carbocycles. The molecule has 0 unspecified atom stereocenters. The molecule has 33 heavy (non-hydrogen) atoms. The Kier molecular flexibility index (Phi) is 5.97. The molecule has 0 spiro atoms. The van der Waals surface area contributed by atoms with Crippen molar-refractivity contribution in [2.45, 2.75) is 13.8 Å². The van der Waals surface area contributed by atoms with Crippen LogP contribution in [0.3, 0.4) is 0 Å². The maximum absolute atomic E-state index is 13.7. The number of ether oxygens (including phenoxy) is 1. The van der Waals surface area contributed by atoms with E-state index in [1.165, 1.54) is 17.6 Å². The maximum atomic E-state index is 13.7. The minimum absolute atomic E-state index is 0.0165. The highest BCUT2D eigenvalue weighted by atomic mass is 32.1. The number of morpholine rings is 1. The van der Waals surface area contributed by atoms with Crippen LogP contribution in [0.1, 0.15) is 21.5 Å². The lowest BCUT2D eigenvalue weighted by Crippen LogP contribution is -2.44. The highest BCUT2D eigenvalue weighted by molar-refractivity contribution is 7.22. The number of aromatic nitrogens is 1. The fourth-order valence-corrected chi connectivity index (χ4v) is 5.10. The van der Waals surface area contributed by atoms with Crippen LogP contribution in [0.2, 0.25) is 0 Å². The van der Waals surface area contributed by atoms with E-state index in [1.54, 1.807) is 29.2 Å². The Morgan fingerprint density at radius 1 is 1.15 bits per heavy atom. The number of carbonyl (C=O) groups excluding carboxylic acids is 1. The molecule has 0 bridgehead atoms. The summed E-state index contributed by atoms with van der Waals surface area (Å²) >= 11 is 1.47. The largest absolute Gasteiger partial charge is 0.463 e. The molecule has 4 aromatic rings. The standard InChI is InChI=1S/C25H25N3O4S/c1-16-7-8-21-22(17(16)2)26-25(33-21)28(10-9-27-11-13-31-14-12-27)24(30)19-15-32-20-6-4-3-5-18(20)23(19)29/h3-8,15H,9-14H2,1-2H3. The summed E-state index contributed by atoms with van der Waals surface area (Å²) in [4.78, 5) is 35.5. The lowest BCUT2D eigenvalue weighted by atomic mass is 10.1. The van der Waals surface area contributed by atoms with E-state index in [1.807, 2.05) is 13.0 Å². The van der Waals surface area contributed by atoms with Gasteiger partial charge in [-0.05, 0) is 43.2 Å². The summed E-state index contributed by atoms with van der Waals surface area (Å²) in [6.07, 6.45) is 1.28. The minimum atomic E-state index is -0.392. The van der Waals surface area contributed by atoms with E-state index in [0.717, 1.165) is 34.4 Å². The molecule has 1 saturated heterocycles. The van der Waals surface area contributed by atoms with Crippen LogP contribution in [-0.2, 0) is 4.74 Å². The third kappa shape index (κ3) is 4.17. The molecule has 2 aromatic heterocycles. The first kappa shape index (κ1) is 21.8. The molecule has 1 amide bonds. The van der Waals surface area contributed by atoms with Crippen molar-refractivity contribution in [3.05, 3.63) is 69.6 Å². The Bertz CT molecular complexity index is 1390. The molecule has 0 N–H and O–H groups in total. The minimum Gasteiger partial charge on any atom is -0.463 e. The molecule has 8 heteroatoms. The molecule has 1 aliphatic heterocycles. The average Bonchev–Trinajstić information content (AvgIpc) is 3.27. The first-order chi connectivity index (χ1) is 16.0. The second kappa shape index (κ2) is 9.05. The van der Waals surface area contributed by atoms with Crippen molar-refractivity contribution in [1.29, 1.82) is 0 Å². The van der Waals surface area contributed by atoms with Crippen molar-refractivity contribution in [1.82, 2.24) is 9.88 Å². The van der Waals surface area contributed by atoms with Crippen molar-refractivity contribution in [3.63, 3.8) is 0 Å². The normalized spacial score (nSPS) is 14.7. The predicted octanol–water partition coefficient (Wildman–Crippen LogP) is 4.00. The summed E-state index contributed by atoms with van der Waals surface area (Å²) in [5.41, 5.74) is 3.30. The third-order valence-electron chi connectivity index (χ3n) is 6.20. The summed E-state index contributed by atoms with van der Waals surface area (Å²) in [7, 11) is 0. The highest BCUT2D eigenvalue weighted by Crippen LogP contribution is 2.32. The Morgan fingerprint density at radius 3 is 2.76 bits per heavy atom. The van der Waals surface area contributed by atoms with Crippen molar-refractivity contribution in [3.8, 4) is 0 Å². The number of thiazole rings is 1. The van der Waals surface area contributed by atoms with Gasteiger partial charge in [-0.3, -0.25) is 19.4 Å². The van der Waals surface area contributed by atoms with E-state index in [4.69, 9.17) is 14.1 Å². The Hall–Kier alpha value is -3.07. The summed E-state index contributed by atoms with van der Waals surface area (Å²) in [6, 6.07) is 11.1. The second-order valence-electron chi connectivity index (χ2n) is 8.24. The second-order valence-corrected chi connectivity index (χ2v) is 9.25. The van der Waals surface area contributed by atoms with Crippen molar-refractivity contribution < 1.29 is 13.9 Å². The Labute approximate surface area is 195 Å². The fraction of sp³-hybridized carbons (Fsp3) is 0.320. The number of benzene rings is 2. The number of nitrogens with zero attached hydrogens (tertiary/aromatic N) is 3.